The Morgan fingerprint density at radius 2 is 1.61 bits per heavy atom. The first kappa shape index (κ1) is 24.2. The fraction of sp³-hybridized carbons (Fsp3) is 0.263. The van der Waals surface area contributed by atoms with Crippen molar-refractivity contribution in [1.29, 1.82) is 0 Å². The Balaban J connectivity index is 2.29. The number of benzene rings is 2. The van der Waals surface area contributed by atoms with Crippen LogP contribution in [0.4, 0.5) is 5.69 Å². The van der Waals surface area contributed by atoms with Gasteiger partial charge in [-0.05, 0) is 50.2 Å². The Labute approximate surface area is 180 Å². The number of anilines is 1. The highest BCUT2D eigenvalue weighted by atomic mass is 32.2. The van der Waals surface area contributed by atoms with Gasteiger partial charge in [-0.1, -0.05) is 0 Å². The lowest BCUT2D eigenvalue weighted by Gasteiger charge is -2.12. The Morgan fingerprint density at radius 3 is 2.16 bits per heavy atom. The molecule has 2 aromatic carbocycles. The van der Waals surface area contributed by atoms with Gasteiger partial charge in [0.05, 0.1) is 17.8 Å². The first-order valence-electron chi connectivity index (χ1n) is 8.88. The van der Waals surface area contributed by atoms with Gasteiger partial charge in [-0.2, -0.15) is 13.5 Å². The van der Waals surface area contributed by atoms with Gasteiger partial charge in [0.2, 0.25) is 0 Å². The van der Waals surface area contributed by atoms with Gasteiger partial charge in [-0.3, -0.25) is 5.43 Å². The highest BCUT2D eigenvalue weighted by Crippen LogP contribution is 2.33. The van der Waals surface area contributed by atoms with Crippen molar-refractivity contribution in [3.8, 4) is 17.2 Å². The Morgan fingerprint density at radius 1 is 1.00 bits per heavy atom. The zero-order valence-corrected chi connectivity index (χ0v) is 18.9. The first-order chi connectivity index (χ1) is 14.4. The smallest absolute Gasteiger partial charge is 0.354 e. The molecular formula is C19H22N2O8S2. The summed E-state index contributed by atoms with van der Waals surface area (Å²) >= 11 is 0. The second-order valence-corrected chi connectivity index (χ2v) is 9.91. The molecule has 0 saturated carbocycles. The molecule has 0 fully saturated rings. The topological polar surface area (TPSA) is 137 Å². The largest absolute Gasteiger partial charge is 0.461 e. The van der Waals surface area contributed by atoms with E-state index in [1.807, 2.05) is 0 Å². The van der Waals surface area contributed by atoms with Crippen LogP contribution in [0, 0.1) is 0 Å². The molecule has 0 saturated heterocycles. The number of hydrogen-bond donors (Lipinski definition) is 1. The molecule has 0 atom stereocenters. The van der Waals surface area contributed by atoms with Crippen LogP contribution in [-0.2, 0) is 29.5 Å². The number of esters is 1. The lowest BCUT2D eigenvalue weighted by Crippen LogP contribution is -2.15. The summed E-state index contributed by atoms with van der Waals surface area (Å²) in [5.74, 6) is -0.191. The van der Waals surface area contributed by atoms with Crippen LogP contribution < -0.4 is 14.3 Å². The van der Waals surface area contributed by atoms with E-state index in [-0.39, 0.29) is 34.4 Å². The van der Waals surface area contributed by atoms with Gasteiger partial charge >= 0.3 is 16.1 Å². The number of rotatable bonds is 9. The zero-order chi connectivity index (χ0) is 23.2. The number of ether oxygens (including phenoxy) is 2. The molecule has 31 heavy (non-hydrogen) atoms. The molecule has 12 heteroatoms. The summed E-state index contributed by atoms with van der Waals surface area (Å²) in [4.78, 5) is 11.8. The van der Waals surface area contributed by atoms with Crippen molar-refractivity contribution in [3.63, 3.8) is 0 Å². The molecule has 0 aliphatic carbocycles. The highest BCUT2D eigenvalue weighted by molar-refractivity contribution is 7.90. The average Bonchev–Trinajstić information content (AvgIpc) is 2.66. The van der Waals surface area contributed by atoms with Crippen LogP contribution in [0.1, 0.15) is 13.8 Å². The first-order valence-corrected chi connectivity index (χ1v) is 12.6. The quantitative estimate of drug-likeness (QED) is 0.254. The maximum atomic E-state index is 11.6. The molecule has 0 unspecified atom stereocenters. The van der Waals surface area contributed by atoms with Gasteiger partial charge in [-0.15, -0.1) is 0 Å². The maximum absolute atomic E-state index is 11.6. The van der Waals surface area contributed by atoms with E-state index in [9.17, 15) is 21.6 Å². The van der Waals surface area contributed by atoms with Gasteiger partial charge in [0.15, 0.2) is 15.6 Å². The van der Waals surface area contributed by atoms with Gasteiger partial charge in [0.25, 0.3) is 0 Å². The molecule has 0 aromatic heterocycles. The van der Waals surface area contributed by atoms with E-state index in [2.05, 4.69) is 10.5 Å². The summed E-state index contributed by atoms with van der Waals surface area (Å²) in [5.41, 5.74) is 2.75. The Bertz CT molecular complexity index is 1190. The van der Waals surface area contributed by atoms with Crippen molar-refractivity contribution in [2.75, 3.05) is 24.5 Å². The van der Waals surface area contributed by atoms with Gasteiger partial charge < -0.3 is 13.7 Å². The molecule has 2 aromatic rings. The average molecular weight is 471 g/mol. The predicted molar refractivity (Wildman–Crippen MR) is 115 cm³/mol. The minimum Gasteiger partial charge on any atom is -0.461 e. The molecule has 0 radical (unpaired) electrons. The summed E-state index contributed by atoms with van der Waals surface area (Å²) < 4.78 is 61.8. The third-order valence-corrected chi connectivity index (χ3v) is 5.21. The number of nitrogens with one attached hydrogen (secondary N) is 1. The van der Waals surface area contributed by atoms with E-state index < -0.39 is 25.9 Å². The van der Waals surface area contributed by atoms with Gasteiger partial charge in [0, 0.05) is 12.3 Å². The molecule has 1 N–H and O–H groups in total. The van der Waals surface area contributed by atoms with Crippen LogP contribution in [0.3, 0.4) is 0 Å². The third-order valence-electron chi connectivity index (χ3n) is 3.60. The van der Waals surface area contributed by atoms with Crippen molar-refractivity contribution >= 4 is 37.3 Å². The van der Waals surface area contributed by atoms with E-state index in [4.69, 9.17) is 13.7 Å². The second kappa shape index (κ2) is 9.79. The lowest BCUT2D eigenvalue weighted by atomic mass is 10.2. The van der Waals surface area contributed by atoms with Gasteiger partial charge in [0.1, 0.15) is 22.9 Å². The highest BCUT2D eigenvalue weighted by Gasteiger charge is 2.14. The molecule has 0 aliphatic rings. The van der Waals surface area contributed by atoms with E-state index >= 15 is 0 Å². The molecule has 168 valence electrons. The fourth-order valence-electron chi connectivity index (χ4n) is 2.21. The number of sulfone groups is 1. The summed E-state index contributed by atoms with van der Waals surface area (Å²) in [7, 11) is -7.22. The SMILES string of the molecule is CCOC(=O)/C(C)=N\Nc1ccc(Oc2ccc(S(C)(=O)=O)cc2)cc1OS(C)(=O)=O. The lowest BCUT2D eigenvalue weighted by molar-refractivity contribution is -0.135. The monoisotopic (exact) mass is 470 g/mol. The van der Waals surface area contributed by atoms with Crippen LogP contribution in [0.5, 0.6) is 17.2 Å². The molecule has 10 nitrogen and oxygen atoms in total. The molecule has 2 rings (SSSR count). The van der Waals surface area contributed by atoms with E-state index in [1.165, 1.54) is 49.4 Å². The second-order valence-electron chi connectivity index (χ2n) is 6.32. The van der Waals surface area contributed by atoms with Crippen molar-refractivity contribution in [3.05, 3.63) is 42.5 Å². The summed E-state index contributed by atoms with van der Waals surface area (Å²) in [6, 6.07) is 9.98. The molecule has 0 spiro atoms. The summed E-state index contributed by atoms with van der Waals surface area (Å²) in [5, 5.41) is 3.87. The normalized spacial score (nSPS) is 12.2. The predicted octanol–water partition coefficient (Wildman–Crippen LogP) is 2.57. The van der Waals surface area contributed by atoms with Crippen molar-refractivity contribution < 1.29 is 35.3 Å². The zero-order valence-electron chi connectivity index (χ0n) is 17.3. The number of hydrazone groups is 1. The Kier molecular flexibility index (Phi) is 7.63. The standard InChI is InChI=1S/C19H22N2O8S2/c1-5-27-19(22)13(2)20-21-17-11-8-15(12-18(17)29-31(4,25)26)28-14-6-9-16(10-7-14)30(3,23)24/h6-12,21H,5H2,1-4H3/b20-13-. The van der Waals surface area contributed by atoms with Crippen molar-refractivity contribution in [1.82, 2.24) is 0 Å². The molecular weight excluding hydrogens is 448 g/mol. The molecule has 0 bridgehead atoms. The number of nitrogens with zero attached hydrogens (tertiary/aromatic N) is 1. The molecule has 0 aliphatic heterocycles. The number of carbonyl (C=O) groups is 1. The van der Waals surface area contributed by atoms with Crippen LogP contribution in [0.25, 0.3) is 0 Å². The molecule has 0 heterocycles. The molecule has 0 amide bonds. The van der Waals surface area contributed by atoms with Crippen molar-refractivity contribution in [2.45, 2.75) is 18.7 Å². The van der Waals surface area contributed by atoms with Crippen LogP contribution in [0.15, 0.2) is 52.5 Å². The third kappa shape index (κ3) is 7.57. The fourth-order valence-corrected chi connectivity index (χ4v) is 3.30. The number of hydrogen-bond acceptors (Lipinski definition) is 10. The number of carbonyl (C=O) groups excluding carboxylic acids is 1. The van der Waals surface area contributed by atoms with E-state index in [1.54, 1.807) is 6.92 Å². The summed E-state index contributed by atoms with van der Waals surface area (Å²) in [6.07, 6.45) is 1.97. The van der Waals surface area contributed by atoms with Crippen molar-refractivity contribution in [2.24, 2.45) is 5.10 Å². The minimum absolute atomic E-state index is 0.0263. The maximum Gasteiger partial charge on any atom is 0.354 e. The Hall–Kier alpha value is -3.12. The van der Waals surface area contributed by atoms with E-state index in [0.29, 0.717) is 5.75 Å². The van der Waals surface area contributed by atoms with E-state index in [0.717, 1.165) is 12.5 Å². The minimum atomic E-state index is -3.88. The van der Waals surface area contributed by atoms with Gasteiger partial charge in [-0.25, -0.2) is 13.2 Å². The summed E-state index contributed by atoms with van der Waals surface area (Å²) in [6.45, 7) is 3.27. The van der Waals surface area contributed by atoms with Crippen LogP contribution >= 0.6 is 0 Å². The van der Waals surface area contributed by atoms with Crippen LogP contribution in [0.2, 0.25) is 0 Å². The van der Waals surface area contributed by atoms with Crippen LogP contribution in [-0.4, -0.2) is 47.6 Å².